The highest BCUT2D eigenvalue weighted by Crippen LogP contribution is 2.20. The third-order valence-corrected chi connectivity index (χ3v) is 5.27. The summed E-state index contributed by atoms with van der Waals surface area (Å²) in [4.78, 5) is 22.7. The standard InChI is InChI=1S/C22H37FN6O.HI/c1-6-28(7-2)20-9-8-18(14-19(20)23)15-25-22(24-5)29-12-10-27(11-13-29)16-21(30)26-17(3)4;/h8-9,14,17H,6-7,10-13,15-16H2,1-5H3,(H,24,25)(H,26,30);1H. The zero-order valence-corrected chi connectivity index (χ0v) is 21.8. The predicted molar refractivity (Wildman–Crippen MR) is 137 cm³/mol. The molecule has 1 aromatic carbocycles. The minimum Gasteiger partial charge on any atom is -0.370 e. The second kappa shape index (κ2) is 13.7. The number of hydrogen-bond acceptors (Lipinski definition) is 4. The van der Waals surface area contributed by atoms with Crippen molar-refractivity contribution in [2.24, 2.45) is 4.99 Å². The Kier molecular flexibility index (Phi) is 12.1. The third-order valence-electron chi connectivity index (χ3n) is 5.27. The molecular formula is C22H38FIN6O. The lowest BCUT2D eigenvalue weighted by atomic mass is 10.1. The molecule has 0 aliphatic carbocycles. The summed E-state index contributed by atoms with van der Waals surface area (Å²) >= 11 is 0. The highest BCUT2D eigenvalue weighted by atomic mass is 127. The van der Waals surface area contributed by atoms with Gasteiger partial charge in [-0.05, 0) is 45.4 Å². The molecule has 31 heavy (non-hydrogen) atoms. The molecule has 0 spiro atoms. The number of nitrogens with zero attached hydrogens (tertiary/aromatic N) is 4. The summed E-state index contributed by atoms with van der Waals surface area (Å²) in [6.07, 6.45) is 0. The normalized spacial score (nSPS) is 14.9. The van der Waals surface area contributed by atoms with Crippen LogP contribution >= 0.6 is 24.0 Å². The quantitative estimate of drug-likeness (QED) is 0.297. The van der Waals surface area contributed by atoms with Crippen LogP contribution in [0.4, 0.5) is 10.1 Å². The second-order valence-electron chi connectivity index (χ2n) is 7.84. The number of hydrogen-bond donors (Lipinski definition) is 2. The SMILES string of the molecule is CCN(CC)c1ccc(CNC(=NC)N2CCN(CC(=O)NC(C)C)CC2)cc1F.I. The Balaban J connectivity index is 0.00000480. The Morgan fingerprint density at radius 2 is 1.84 bits per heavy atom. The number of carbonyl (C=O) groups is 1. The topological polar surface area (TPSA) is 63.2 Å². The lowest BCUT2D eigenvalue weighted by Crippen LogP contribution is -2.54. The van der Waals surface area contributed by atoms with Gasteiger partial charge >= 0.3 is 0 Å². The van der Waals surface area contributed by atoms with Crippen molar-refractivity contribution in [1.29, 1.82) is 0 Å². The highest BCUT2D eigenvalue weighted by Gasteiger charge is 2.21. The van der Waals surface area contributed by atoms with Crippen molar-refractivity contribution in [3.63, 3.8) is 0 Å². The Morgan fingerprint density at radius 1 is 1.19 bits per heavy atom. The fraction of sp³-hybridized carbons (Fsp3) is 0.636. The van der Waals surface area contributed by atoms with Gasteiger partial charge in [-0.3, -0.25) is 14.7 Å². The first-order chi connectivity index (χ1) is 14.4. The van der Waals surface area contributed by atoms with E-state index < -0.39 is 0 Å². The van der Waals surface area contributed by atoms with Crippen molar-refractivity contribution in [2.75, 3.05) is 57.8 Å². The Morgan fingerprint density at radius 3 is 2.35 bits per heavy atom. The van der Waals surface area contributed by atoms with Gasteiger partial charge in [0.05, 0.1) is 12.2 Å². The van der Waals surface area contributed by atoms with Crippen molar-refractivity contribution in [1.82, 2.24) is 20.4 Å². The molecule has 1 fully saturated rings. The number of guanidine groups is 1. The van der Waals surface area contributed by atoms with E-state index in [4.69, 9.17) is 0 Å². The Hall–Kier alpha value is -1.62. The van der Waals surface area contributed by atoms with Gasteiger partial charge in [0.1, 0.15) is 5.82 Å². The van der Waals surface area contributed by atoms with E-state index in [-0.39, 0.29) is 41.7 Å². The molecule has 0 bridgehead atoms. The number of piperazine rings is 1. The first-order valence-corrected chi connectivity index (χ1v) is 10.9. The number of anilines is 1. The van der Waals surface area contributed by atoms with Crippen molar-refractivity contribution < 1.29 is 9.18 Å². The van der Waals surface area contributed by atoms with Gasteiger partial charge in [0.25, 0.3) is 0 Å². The Labute approximate surface area is 203 Å². The zero-order valence-electron chi connectivity index (χ0n) is 19.4. The molecule has 1 amide bonds. The fourth-order valence-electron chi connectivity index (χ4n) is 3.68. The average Bonchev–Trinajstić information content (AvgIpc) is 2.71. The van der Waals surface area contributed by atoms with Crippen LogP contribution in [0.15, 0.2) is 23.2 Å². The molecule has 1 aliphatic heterocycles. The first kappa shape index (κ1) is 27.4. The minimum atomic E-state index is -0.193. The van der Waals surface area contributed by atoms with Crippen LogP contribution < -0.4 is 15.5 Å². The molecule has 1 saturated heterocycles. The van der Waals surface area contributed by atoms with Crippen LogP contribution in [0.2, 0.25) is 0 Å². The molecule has 0 aromatic heterocycles. The summed E-state index contributed by atoms with van der Waals surface area (Å²) < 4.78 is 14.5. The first-order valence-electron chi connectivity index (χ1n) is 10.9. The number of benzene rings is 1. The molecule has 1 aliphatic rings. The molecule has 0 saturated carbocycles. The van der Waals surface area contributed by atoms with E-state index in [0.717, 1.165) is 50.8 Å². The fourth-order valence-corrected chi connectivity index (χ4v) is 3.68. The number of amides is 1. The maximum absolute atomic E-state index is 14.5. The summed E-state index contributed by atoms with van der Waals surface area (Å²) in [6.45, 7) is 13.7. The predicted octanol–water partition coefficient (Wildman–Crippen LogP) is 2.51. The van der Waals surface area contributed by atoms with Crippen molar-refractivity contribution >= 4 is 41.5 Å². The van der Waals surface area contributed by atoms with E-state index in [9.17, 15) is 9.18 Å². The zero-order chi connectivity index (χ0) is 22.1. The van der Waals surface area contributed by atoms with E-state index in [2.05, 4.69) is 25.4 Å². The van der Waals surface area contributed by atoms with Crippen LogP contribution in [0.5, 0.6) is 0 Å². The molecule has 0 radical (unpaired) electrons. The summed E-state index contributed by atoms with van der Waals surface area (Å²) in [5.74, 6) is 0.673. The maximum Gasteiger partial charge on any atom is 0.234 e. The van der Waals surface area contributed by atoms with Gasteiger partial charge in [-0.1, -0.05) is 6.07 Å². The molecule has 1 aromatic rings. The molecule has 2 N–H and O–H groups in total. The summed E-state index contributed by atoms with van der Waals surface area (Å²) in [7, 11) is 1.76. The molecule has 7 nitrogen and oxygen atoms in total. The number of aliphatic imine (C=N–C) groups is 1. The van der Waals surface area contributed by atoms with Crippen LogP contribution in [0.25, 0.3) is 0 Å². The van der Waals surface area contributed by atoms with Gasteiger partial charge in [0, 0.05) is 58.9 Å². The van der Waals surface area contributed by atoms with Gasteiger partial charge in [0.15, 0.2) is 5.96 Å². The van der Waals surface area contributed by atoms with Crippen LogP contribution in [-0.4, -0.2) is 80.6 Å². The number of carbonyl (C=O) groups excluding carboxylic acids is 1. The van der Waals surface area contributed by atoms with Gasteiger partial charge < -0.3 is 20.4 Å². The summed E-state index contributed by atoms with van der Waals surface area (Å²) in [6, 6.07) is 5.57. The monoisotopic (exact) mass is 548 g/mol. The molecule has 2 rings (SSSR count). The minimum absolute atomic E-state index is 0. The summed E-state index contributed by atoms with van der Waals surface area (Å²) in [5, 5.41) is 6.27. The molecule has 0 unspecified atom stereocenters. The van der Waals surface area contributed by atoms with Crippen LogP contribution in [0.1, 0.15) is 33.3 Å². The van der Waals surface area contributed by atoms with E-state index in [0.29, 0.717) is 18.8 Å². The number of rotatable bonds is 8. The number of halogens is 2. The molecule has 0 atom stereocenters. The number of nitrogens with one attached hydrogen (secondary N) is 2. The van der Waals surface area contributed by atoms with Crippen LogP contribution in [0, 0.1) is 5.82 Å². The van der Waals surface area contributed by atoms with E-state index in [1.807, 2.05) is 44.7 Å². The van der Waals surface area contributed by atoms with Crippen molar-refractivity contribution in [3.8, 4) is 0 Å². The second-order valence-corrected chi connectivity index (χ2v) is 7.84. The Bertz CT molecular complexity index is 718. The van der Waals surface area contributed by atoms with Gasteiger partial charge in [-0.2, -0.15) is 0 Å². The van der Waals surface area contributed by atoms with Gasteiger partial charge in [0.2, 0.25) is 5.91 Å². The van der Waals surface area contributed by atoms with Gasteiger partial charge in [-0.25, -0.2) is 4.39 Å². The van der Waals surface area contributed by atoms with E-state index >= 15 is 0 Å². The lowest BCUT2D eigenvalue weighted by molar-refractivity contribution is -0.123. The van der Waals surface area contributed by atoms with Crippen molar-refractivity contribution in [3.05, 3.63) is 29.6 Å². The van der Waals surface area contributed by atoms with Crippen LogP contribution in [0.3, 0.4) is 0 Å². The van der Waals surface area contributed by atoms with E-state index in [1.54, 1.807) is 13.1 Å². The average molecular weight is 548 g/mol. The lowest BCUT2D eigenvalue weighted by Gasteiger charge is -2.36. The third kappa shape index (κ3) is 8.44. The van der Waals surface area contributed by atoms with Crippen molar-refractivity contribution in [2.45, 2.75) is 40.3 Å². The molecular weight excluding hydrogens is 510 g/mol. The smallest absolute Gasteiger partial charge is 0.234 e. The maximum atomic E-state index is 14.5. The largest absolute Gasteiger partial charge is 0.370 e. The molecule has 9 heteroatoms. The van der Waals surface area contributed by atoms with Gasteiger partial charge in [-0.15, -0.1) is 24.0 Å². The molecule has 176 valence electrons. The molecule has 1 heterocycles. The van der Waals surface area contributed by atoms with Crippen LogP contribution in [-0.2, 0) is 11.3 Å². The van der Waals surface area contributed by atoms with E-state index in [1.165, 1.54) is 0 Å². The highest BCUT2D eigenvalue weighted by molar-refractivity contribution is 14.0. The summed E-state index contributed by atoms with van der Waals surface area (Å²) in [5.41, 5.74) is 1.53.